The molecule has 0 radical (unpaired) electrons. The van der Waals surface area contributed by atoms with Crippen molar-refractivity contribution < 1.29 is 17.9 Å². The number of carbonyl (C=O) groups is 1. The third kappa shape index (κ3) is 3.34. The summed E-state index contributed by atoms with van der Waals surface area (Å²) < 4.78 is 30.9. The lowest BCUT2D eigenvalue weighted by atomic mass is 10.2. The highest BCUT2D eigenvalue weighted by Gasteiger charge is 2.30. The van der Waals surface area contributed by atoms with Gasteiger partial charge in [0.15, 0.2) is 0 Å². The van der Waals surface area contributed by atoms with Gasteiger partial charge in [0.25, 0.3) is 0 Å². The van der Waals surface area contributed by atoms with Crippen LogP contribution in [-0.4, -0.2) is 39.4 Å². The minimum absolute atomic E-state index is 0.0625. The van der Waals surface area contributed by atoms with Crippen LogP contribution < -0.4 is 0 Å². The average molecular weight is 305 g/mol. The molecule has 0 saturated heterocycles. The maximum atomic E-state index is 12.5. The average Bonchev–Trinajstić information content (AvgIpc) is 2.69. The molecule has 0 saturated carbocycles. The van der Waals surface area contributed by atoms with E-state index in [0.29, 0.717) is 12.1 Å². The SMILES string of the molecule is COC(=O)c1scc(C)c1S(=O)(=O)N(C)CC(C)C. The molecular formula is C12H19NO4S2. The van der Waals surface area contributed by atoms with Crippen molar-refractivity contribution in [3.05, 3.63) is 15.8 Å². The lowest BCUT2D eigenvalue weighted by Crippen LogP contribution is -2.31. The Balaban J connectivity index is 3.29. The van der Waals surface area contributed by atoms with Crippen molar-refractivity contribution >= 4 is 27.3 Å². The van der Waals surface area contributed by atoms with E-state index in [1.54, 1.807) is 12.3 Å². The van der Waals surface area contributed by atoms with Crippen LogP contribution in [0.4, 0.5) is 0 Å². The van der Waals surface area contributed by atoms with Crippen LogP contribution in [0.3, 0.4) is 0 Å². The first-order valence-corrected chi connectivity index (χ1v) is 8.16. The fraction of sp³-hybridized carbons (Fsp3) is 0.583. The van der Waals surface area contributed by atoms with E-state index in [0.717, 1.165) is 11.3 Å². The van der Waals surface area contributed by atoms with Gasteiger partial charge in [-0.25, -0.2) is 17.5 Å². The summed E-state index contributed by atoms with van der Waals surface area (Å²) in [5.74, 6) is -0.407. The van der Waals surface area contributed by atoms with Crippen molar-refractivity contribution in [2.45, 2.75) is 25.7 Å². The number of sulfonamides is 1. The topological polar surface area (TPSA) is 63.7 Å². The Morgan fingerprint density at radius 2 is 2.05 bits per heavy atom. The zero-order chi connectivity index (χ0) is 14.8. The minimum atomic E-state index is -3.66. The molecule has 0 atom stereocenters. The normalized spacial score (nSPS) is 12.2. The van der Waals surface area contributed by atoms with E-state index < -0.39 is 16.0 Å². The van der Waals surface area contributed by atoms with E-state index in [-0.39, 0.29) is 15.7 Å². The van der Waals surface area contributed by atoms with Crippen molar-refractivity contribution in [1.82, 2.24) is 4.31 Å². The molecule has 1 aromatic heterocycles. The minimum Gasteiger partial charge on any atom is -0.465 e. The van der Waals surface area contributed by atoms with Gasteiger partial charge < -0.3 is 4.74 Å². The lowest BCUT2D eigenvalue weighted by Gasteiger charge is -2.19. The standard InChI is InChI=1S/C12H19NO4S2/c1-8(2)6-13(4)19(15,16)11-9(3)7-18-10(11)12(14)17-5/h7-8H,6H2,1-5H3. The van der Waals surface area contributed by atoms with Gasteiger partial charge in [-0.15, -0.1) is 11.3 Å². The molecule has 5 nitrogen and oxygen atoms in total. The molecular weight excluding hydrogens is 286 g/mol. The van der Waals surface area contributed by atoms with Gasteiger partial charge in [0.2, 0.25) is 10.0 Å². The van der Waals surface area contributed by atoms with Crippen LogP contribution >= 0.6 is 11.3 Å². The quantitative estimate of drug-likeness (QED) is 0.782. The van der Waals surface area contributed by atoms with Crippen LogP contribution in [0.2, 0.25) is 0 Å². The molecule has 0 aliphatic heterocycles. The van der Waals surface area contributed by atoms with Crippen LogP contribution in [0.15, 0.2) is 10.3 Å². The Bertz CT molecular complexity index is 560. The summed E-state index contributed by atoms with van der Waals surface area (Å²) in [6, 6.07) is 0. The van der Waals surface area contributed by atoms with Crippen LogP contribution in [0.1, 0.15) is 29.1 Å². The number of aryl methyl sites for hydroxylation is 1. The van der Waals surface area contributed by atoms with Gasteiger partial charge in [0.05, 0.1) is 7.11 Å². The van der Waals surface area contributed by atoms with Gasteiger partial charge in [-0.1, -0.05) is 13.8 Å². The van der Waals surface area contributed by atoms with E-state index in [9.17, 15) is 13.2 Å². The first-order valence-electron chi connectivity index (χ1n) is 5.84. The monoisotopic (exact) mass is 305 g/mol. The Kier molecular flexibility index (Phi) is 5.11. The Morgan fingerprint density at radius 1 is 1.47 bits per heavy atom. The summed E-state index contributed by atoms with van der Waals surface area (Å²) in [6.07, 6.45) is 0. The molecule has 0 aromatic carbocycles. The summed E-state index contributed by atoms with van der Waals surface area (Å²) in [5, 5.41) is 1.66. The second kappa shape index (κ2) is 6.02. The Morgan fingerprint density at radius 3 is 2.53 bits per heavy atom. The summed E-state index contributed by atoms with van der Waals surface area (Å²) in [5.41, 5.74) is 0.570. The molecule has 0 aliphatic carbocycles. The molecule has 0 fully saturated rings. The summed E-state index contributed by atoms with van der Waals surface area (Å²) in [6.45, 7) is 5.96. The molecule has 0 amide bonds. The lowest BCUT2D eigenvalue weighted by molar-refractivity contribution is 0.0602. The summed E-state index contributed by atoms with van der Waals surface area (Å²) in [4.78, 5) is 11.8. The predicted molar refractivity (Wildman–Crippen MR) is 75.0 cm³/mol. The highest BCUT2D eigenvalue weighted by molar-refractivity contribution is 7.89. The van der Waals surface area contributed by atoms with E-state index in [2.05, 4.69) is 4.74 Å². The molecule has 0 unspecified atom stereocenters. The van der Waals surface area contributed by atoms with Crippen molar-refractivity contribution in [2.75, 3.05) is 20.7 Å². The number of esters is 1. The van der Waals surface area contributed by atoms with Gasteiger partial charge in [0.1, 0.15) is 9.77 Å². The third-order valence-electron chi connectivity index (χ3n) is 2.58. The van der Waals surface area contributed by atoms with Gasteiger partial charge in [0, 0.05) is 13.6 Å². The Labute approximate surface area is 118 Å². The highest BCUT2D eigenvalue weighted by atomic mass is 32.2. The van der Waals surface area contributed by atoms with Crippen LogP contribution in [0.25, 0.3) is 0 Å². The zero-order valence-electron chi connectivity index (χ0n) is 11.8. The van der Waals surface area contributed by atoms with Gasteiger partial charge in [-0.05, 0) is 23.8 Å². The predicted octanol–water partition coefficient (Wildman–Crippen LogP) is 2.12. The fourth-order valence-electron chi connectivity index (χ4n) is 1.76. The van der Waals surface area contributed by atoms with Gasteiger partial charge in [-0.3, -0.25) is 0 Å². The number of rotatable bonds is 5. The smallest absolute Gasteiger partial charge is 0.349 e. The van der Waals surface area contributed by atoms with E-state index in [1.165, 1.54) is 18.5 Å². The summed E-state index contributed by atoms with van der Waals surface area (Å²) in [7, 11) is -0.901. The molecule has 19 heavy (non-hydrogen) atoms. The van der Waals surface area contributed by atoms with Crippen LogP contribution in [0.5, 0.6) is 0 Å². The first kappa shape index (κ1) is 16.1. The molecule has 0 bridgehead atoms. The van der Waals surface area contributed by atoms with Crippen LogP contribution in [0, 0.1) is 12.8 Å². The van der Waals surface area contributed by atoms with E-state index in [4.69, 9.17) is 0 Å². The maximum absolute atomic E-state index is 12.5. The van der Waals surface area contributed by atoms with Gasteiger partial charge in [-0.2, -0.15) is 0 Å². The van der Waals surface area contributed by atoms with Crippen LogP contribution in [-0.2, 0) is 14.8 Å². The number of methoxy groups -OCH3 is 1. The summed E-state index contributed by atoms with van der Waals surface area (Å²) >= 11 is 1.09. The van der Waals surface area contributed by atoms with Crippen molar-refractivity contribution in [2.24, 2.45) is 5.92 Å². The van der Waals surface area contributed by atoms with Gasteiger partial charge >= 0.3 is 5.97 Å². The van der Waals surface area contributed by atoms with E-state index >= 15 is 0 Å². The largest absolute Gasteiger partial charge is 0.465 e. The van der Waals surface area contributed by atoms with Crippen molar-refractivity contribution in [3.8, 4) is 0 Å². The highest BCUT2D eigenvalue weighted by Crippen LogP contribution is 2.29. The van der Waals surface area contributed by atoms with E-state index in [1.807, 2.05) is 13.8 Å². The number of thiophene rings is 1. The second-order valence-corrected chi connectivity index (χ2v) is 7.61. The molecule has 1 aromatic rings. The second-order valence-electron chi connectivity index (χ2n) is 4.75. The number of hydrogen-bond donors (Lipinski definition) is 0. The first-order chi connectivity index (χ1) is 8.71. The zero-order valence-corrected chi connectivity index (χ0v) is 13.4. The number of hydrogen-bond acceptors (Lipinski definition) is 5. The molecule has 1 heterocycles. The third-order valence-corrected chi connectivity index (χ3v) is 5.80. The Hall–Kier alpha value is -0.920. The fourth-order valence-corrected chi connectivity index (χ4v) is 4.74. The molecule has 108 valence electrons. The molecule has 0 N–H and O–H groups in total. The maximum Gasteiger partial charge on any atom is 0.349 e. The molecule has 0 spiro atoms. The molecule has 0 aliphatic rings. The molecule has 7 heteroatoms. The molecule has 1 rings (SSSR count). The number of carbonyl (C=O) groups excluding carboxylic acids is 1. The van der Waals surface area contributed by atoms with Crippen molar-refractivity contribution in [1.29, 1.82) is 0 Å². The van der Waals surface area contributed by atoms with Crippen molar-refractivity contribution in [3.63, 3.8) is 0 Å². The number of nitrogens with zero attached hydrogens (tertiary/aromatic N) is 1. The number of ether oxygens (including phenoxy) is 1.